The van der Waals surface area contributed by atoms with Crippen LogP contribution in [-0.2, 0) is 4.79 Å². The Balaban J connectivity index is 2.56. The van der Waals surface area contributed by atoms with Gasteiger partial charge in [0, 0.05) is 5.57 Å². The third kappa shape index (κ3) is 6.05. The Kier molecular flexibility index (Phi) is 7.71. The van der Waals surface area contributed by atoms with Crippen LogP contribution in [0.1, 0.15) is 64.0 Å². The zero-order chi connectivity index (χ0) is 14.8. The highest BCUT2D eigenvalue weighted by molar-refractivity contribution is 5.92. The van der Waals surface area contributed by atoms with E-state index in [2.05, 4.69) is 31.0 Å². The number of rotatable bonds is 9. The van der Waals surface area contributed by atoms with Crippen LogP contribution in [0.15, 0.2) is 42.5 Å². The number of nitrogens with one attached hydrogen (secondary N) is 1. The average molecular weight is 273 g/mol. The SMILES string of the molecule is C=C(C)C(=O)NC(CCCCCCC)c1ccccc1. The van der Waals surface area contributed by atoms with E-state index in [-0.39, 0.29) is 11.9 Å². The number of hydrogen-bond acceptors (Lipinski definition) is 1. The van der Waals surface area contributed by atoms with Gasteiger partial charge in [0.2, 0.25) is 5.91 Å². The maximum absolute atomic E-state index is 11.9. The zero-order valence-electron chi connectivity index (χ0n) is 12.8. The molecule has 0 saturated heterocycles. The van der Waals surface area contributed by atoms with Crippen LogP contribution < -0.4 is 5.32 Å². The lowest BCUT2D eigenvalue weighted by atomic mass is 9.99. The van der Waals surface area contributed by atoms with Gasteiger partial charge in [0.15, 0.2) is 0 Å². The van der Waals surface area contributed by atoms with E-state index >= 15 is 0 Å². The molecular formula is C18H27NO. The van der Waals surface area contributed by atoms with Crippen LogP contribution in [0.2, 0.25) is 0 Å². The van der Waals surface area contributed by atoms with Gasteiger partial charge < -0.3 is 5.32 Å². The highest BCUT2D eigenvalue weighted by Gasteiger charge is 2.14. The van der Waals surface area contributed by atoms with Gasteiger partial charge in [-0.2, -0.15) is 0 Å². The lowest BCUT2D eigenvalue weighted by Gasteiger charge is -2.19. The molecule has 1 N–H and O–H groups in total. The van der Waals surface area contributed by atoms with Gasteiger partial charge in [0.1, 0.15) is 0 Å². The Hall–Kier alpha value is -1.57. The van der Waals surface area contributed by atoms with Gasteiger partial charge in [0.05, 0.1) is 6.04 Å². The molecule has 0 aliphatic rings. The van der Waals surface area contributed by atoms with Gasteiger partial charge in [-0.15, -0.1) is 0 Å². The van der Waals surface area contributed by atoms with E-state index in [0.717, 1.165) is 12.8 Å². The summed E-state index contributed by atoms with van der Waals surface area (Å²) in [6.07, 6.45) is 7.22. The van der Waals surface area contributed by atoms with Crippen molar-refractivity contribution in [2.45, 2.75) is 58.4 Å². The summed E-state index contributed by atoms with van der Waals surface area (Å²) >= 11 is 0. The Morgan fingerprint density at radius 1 is 1.15 bits per heavy atom. The highest BCUT2D eigenvalue weighted by Crippen LogP contribution is 2.20. The molecule has 1 rings (SSSR count). The van der Waals surface area contributed by atoms with Gasteiger partial charge in [-0.1, -0.05) is 75.9 Å². The minimum atomic E-state index is -0.0487. The molecule has 0 radical (unpaired) electrons. The number of carbonyl (C=O) groups is 1. The second kappa shape index (κ2) is 9.35. The van der Waals surface area contributed by atoms with Gasteiger partial charge >= 0.3 is 0 Å². The first-order chi connectivity index (χ1) is 9.65. The van der Waals surface area contributed by atoms with Crippen LogP contribution in [0.3, 0.4) is 0 Å². The summed E-state index contributed by atoms with van der Waals surface area (Å²) in [6.45, 7) is 7.68. The molecule has 0 aliphatic carbocycles. The molecule has 0 fully saturated rings. The molecule has 1 amide bonds. The lowest BCUT2D eigenvalue weighted by molar-refractivity contribution is -0.118. The topological polar surface area (TPSA) is 29.1 Å². The molecule has 2 nitrogen and oxygen atoms in total. The van der Waals surface area contributed by atoms with Crippen LogP contribution >= 0.6 is 0 Å². The smallest absolute Gasteiger partial charge is 0.246 e. The summed E-state index contributed by atoms with van der Waals surface area (Å²) in [6, 6.07) is 10.3. The number of amides is 1. The maximum Gasteiger partial charge on any atom is 0.246 e. The fourth-order valence-corrected chi connectivity index (χ4v) is 2.24. The highest BCUT2D eigenvalue weighted by atomic mass is 16.1. The molecule has 110 valence electrons. The van der Waals surface area contributed by atoms with E-state index in [9.17, 15) is 4.79 Å². The van der Waals surface area contributed by atoms with Crippen LogP contribution in [0.4, 0.5) is 0 Å². The Bertz CT molecular complexity index is 411. The Morgan fingerprint density at radius 2 is 1.80 bits per heavy atom. The van der Waals surface area contributed by atoms with Gasteiger partial charge in [-0.3, -0.25) is 4.79 Å². The lowest BCUT2D eigenvalue weighted by Crippen LogP contribution is -2.28. The molecule has 1 aromatic carbocycles. The summed E-state index contributed by atoms with van der Waals surface area (Å²) in [4.78, 5) is 11.9. The van der Waals surface area contributed by atoms with E-state index in [4.69, 9.17) is 0 Å². The largest absolute Gasteiger partial charge is 0.346 e. The summed E-state index contributed by atoms with van der Waals surface area (Å²) in [5, 5.41) is 3.09. The third-order valence-corrected chi connectivity index (χ3v) is 3.49. The normalized spacial score (nSPS) is 11.9. The first-order valence-electron chi connectivity index (χ1n) is 7.66. The van der Waals surface area contributed by atoms with Crippen LogP contribution in [-0.4, -0.2) is 5.91 Å². The Morgan fingerprint density at radius 3 is 2.40 bits per heavy atom. The predicted octanol–water partition coefficient (Wildman–Crippen LogP) is 4.78. The molecule has 1 atom stereocenters. The van der Waals surface area contributed by atoms with E-state index in [1.165, 1.54) is 31.2 Å². The van der Waals surface area contributed by atoms with Crippen molar-refractivity contribution < 1.29 is 4.79 Å². The molecule has 0 aromatic heterocycles. The molecule has 0 aliphatic heterocycles. The molecule has 0 bridgehead atoms. The van der Waals surface area contributed by atoms with Crippen molar-refractivity contribution in [1.29, 1.82) is 0 Å². The van der Waals surface area contributed by atoms with Gasteiger partial charge in [0.25, 0.3) is 0 Å². The average Bonchev–Trinajstić information content (AvgIpc) is 2.46. The van der Waals surface area contributed by atoms with E-state index in [0.29, 0.717) is 5.57 Å². The van der Waals surface area contributed by atoms with E-state index in [1.807, 2.05) is 18.2 Å². The number of carbonyl (C=O) groups excluding carboxylic acids is 1. The molecule has 0 saturated carbocycles. The van der Waals surface area contributed by atoms with Crippen molar-refractivity contribution in [3.63, 3.8) is 0 Å². The van der Waals surface area contributed by atoms with E-state index < -0.39 is 0 Å². The number of unbranched alkanes of at least 4 members (excludes halogenated alkanes) is 4. The predicted molar refractivity (Wildman–Crippen MR) is 85.5 cm³/mol. The number of benzene rings is 1. The van der Waals surface area contributed by atoms with Crippen molar-refractivity contribution >= 4 is 5.91 Å². The van der Waals surface area contributed by atoms with Gasteiger partial charge in [-0.05, 0) is 18.9 Å². The minimum Gasteiger partial charge on any atom is -0.346 e. The van der Waals surface area contributed by atoms with Crippen molar-refractivity contribution in [3.8, 4) is 0 Å². The molecule has 0 spiro atoms. The summed E-state index contributed by atoms with van der Waals surface area (Å²) in [5.74, 6) is -0.0487. The van der Waals surface area contributed by atoms with Crippen molar-refractivity contribution in [1.82, 2.24) is 5.32 Å². The van der Waals surface area contributed by atoms with Crippen LogP contribution in [0.25, 0.3) is 0 Å². The van der Waals surface area contributed by atoms with E-state index in [1.54, 1.807) is 6.92 Å². The maximum atomic E-state index is 11.9. The fourth-order valence-electron chi connectivity index (χ4n) is 2.24. The fraction of sp³-hybridized carbons (Fsp3) is 0.500. The molecule has 20 heavy (non-hydrogen) atoms. The standard InChI is InChI=1S/C18H27NO/c1-4-5-6-7-11-14-17(19-18(20)15(2)3)16-12-9-8-10-13-16/h8-10,12-13,17H,2,4-7,11,14H2,1,3H3,(H,19,20). The zero-order valence-corrected chi connectivity index (χ0v) is 12.8. The first-order valence-corrected chi connectivity index (χ1v) is 7.66. The molecule has 2 heteroatoms. The number of hydrogen-bond donors (Lipinski definition) is 1. The summed E-state index contributed by atoms with van der Waals surface area (Å²) in [7, 11) is 0. The minimum absolute atomic E-state index is 0.0487. The summed E-state index contributed by atoms with van der Waals surface area (Å²) < 4.78 is 0. The molecule has 1 aromatic rings. The van der Waals surface area contributed by atoms with Crippen molar-refractivity contribution in [2.75, 3.05) is 0 Å². The summed E-state index contributed by atoms with van der Waals surface area (Å²) in [5.41, 5.74) is 1.74. The molecule has 0 heterocycles. The Labute approximate surface area is 123 Å². The monoisotopic (exact) mass is 273 g/mol. The molecular weight excluding hydrogens is 246 g/mol. The second-order valence-corrected chi connectivity index (χ2v) is 5.42. The van der Waals surface area contributed by atoms with Crippen LogP contribution in [0, 0.1) is 0 Å². The first kappa shape index (κ1) is 16.5. The third-order valence-electron chi connectivity index (χ3n) is 3.49. The van der Waals surface area contributed by atoms with Crippen LogP contribution in [0.5, 0.6) is 0 Å². The molecule has 1 unspecified atom stereocenters. The van der Waals surface area contributed by atoms with Crippen molar-refractivity contribution in [2.24, 2.45) is 0 Å². The van der Waals surface area contributed by atoms with Gasteiger partial charge in [-0.25, -0.2) is 0 Å². The van der Waals surface area contributed by atoms with Crippen molar-refractivity contribution in [3.05, 3.63) is 48.0 Å². The quantitative estimate of drug-likeness (QED) is 0.509. The second-order valence-electron chi connectivity index (χ2n) is 5.42.